The van der Waals surface area contributed by atoms with Crippen LogP contribution in [0.25, 0.3) is 0 Å². The molecule has 0 bridgehead atoms. The van der Waals surface area contributed by atoms with Crippen LogP contribution in [0.3, 0.4) is 0 Å². The van der Waals surface area contributed by atoms with Gasteiger partial charge in [-0.1, -0.05) is 0 Å². The van der Waals surface area contributed by atoms with Gasteiger partial charge in [0.25, 0.3) is 0 Å². The molecule has 0 unspecified atom stereocenters. The van der Waals surface area contributed by atoms with E-state index in [9.17, 15) is 9.59 Å². The summed E-state index contributed by atoms with van der Waals surface area (Å²) in [6, 6.07) is 0. The molecule has 0 aromatic rings. The summed E-state index contributed by atoms with van der Waals surface area (Å²) in [6.07, 6.45) is 0. The van der Waals surface area contributed by atoms with Crippen molar-refractivity contribution in [2.75, 3.05) is 0 Å². The Labute approximate surface area is 96.8 Å². The Morgan fingerprint density at radius 2 is 1.00 bits per heavy atom. The maximum absolute atomic E-state index is 9.22. The fourth-order valence-electron chi connectivity index (χ4n) is 0. The van der Waals surface area contributed by atoms with Crippen LogP contribution in [0.15, 0.2) is 0 Å². The minimum atomic E-state index is -0.333. The molecule has 0 aliphatic rings. The monoisotopic (exact) mass is 158 g/mol. The summed E-state index contributed by atoms with van der Waals surface area (Å²) in [7, 11) is 0. The third-order valence-electron chi connectivity index (χ3n) is 0. The zero-order valence-electron chi connectivity index (χ0n) is 4.97. The number of carbonyl (C=O) groups is 2. The Kier molecular flexibility index (Phi) is 20.6. The van der Waals surface area contributed by atoms with Crippen LogP contribution < -0.4 is 11.5 Å². The van der Waals surface area contributed by atoms with E-state index < -0.39 is 0 Å². The molecule has 0 aromatic carbocycles. The molecule has 0 fully saturated rings. The molecule has 0 aromatic heterocycles. The Balaban J connectivity index is -0.0000000720. The second kappa shape index (κ2) is 11.4. The molecule has 0 aliphatic heterocycles. The molecular weight excluding hydrogens is 147 g/mol. The number of rotatable bonds is 0. The Bertz CT molecular complexity index is 74.6. The zero-order valence-corrected chi connectivity index (χ0v) is 4.97. The van der Waals surface area contributed by atoms with Crippen LogP contribution in [0.5, 0.6) is 0 Å². The van der Waals surface area contributed by atoms with Crippen LogP contribution in [-0.4, -0.2) is 63.2 Å². The van der Waals surface area contributed by atoms with Gasteiger partial charge >= 0.3 is 51.4 Å². The first-order chi connectivity index (χ1) is 3.46. The van der Waals surface area contributed by atoms with Crippen molar-refractivity contribution in [3.63, 3.8) is 0 Å². The van der Waals surface area contributed by atoms with Crippen LogP contribution in [-0.2, 0) is 9.59 Å². The van der Waals surface area contributed by atoms with Crippen LogP contribution in [0.4, 0.5) is 0 Å². The molecule has 0 heterocycles. The summed E-state index contributed by atoms with van der Waals surface area (Å²) in [6.45, 7) is 2.61. The van der Waals surface area contributed by atoms with E-state index in [1.165, 1.54) is 13.8 Å². The molecule has 0 aliphatic carbocycles. The summed E-state index contributed by atoms with van der Waals surface area (Å²) in [5.41, 5.74) is 8.94. The molecule has 0 rings (SSSR count). The molecule has 50 valence electrons. The minimum absolute atomic E-state index is 0. The van der Waals surface area contributed by atoms with Gasteiger partial charge in [-0.25, -0.2) is 0 Å². The first-order valence-electron chi connectivity index (χ1n) is 1.99. The van der Waals surface area contributed by atoms with E-state index in [4.69, 9.17) is 0 Å². The predicted molar refractivity (Wildman–Crippen MR) is 36.9 cm³/mol. The Hall–Kier alpha value is 0.576. The topological polar surface area (TPSA) is 86.2 Å². The van der Waals surface area contributed by atoms with Gasteiger partial charge in [-0.3, -0.25) is 9.59 Å². The SMILES string of the molecule is CC(N)=O.CC(N)=O.[KH]. The second-order valence-electron chi connectivity index (χ2n) is 1.22. The van der Waals surface area contributed by atoms with Crippen molar-refractivity contribution in [3.8, 4) is 0 Å². The summed E-state index contributed by atoms with van der Waals surface area (Å²) >= 11 is 0. The second-order valence-corrected chi connectivity index (χ2v) is 1.22. The van der Waals surface area contributed by atoms with Crippen molar-refractivity contribution in [1.82, 2.24) is 0 Å². The van der Waals surface area contributed by atoms with Gasteiger partial charge in [0, 0.05) is 13.8 Å². The van der Waals surface area contributed by atoms with Crippen molar-refractivity contribution in [2.45, 2.75) is 13.8 Å². The van der Waals surface area contributed by atoms with E-state index in [1.807, 2.05) is 0 Å². The van der Waals surface area contributed by atoms with Crippen LogP contribution in [0.2, 0.25) is 0 Å². The van der Waals surface area contributed by atoms with Gasteiger partial charge in [-0.05, 0) is 0 Å². The number of hydrogen-bond acceptors (Lipinski definition) is 2. The molecular formula is C4H11KN2O2. The summed E-state index contributed by atoms with van der Waals surface area (Å²) in [5.74, 6) is -0.667. The fraction of sp³-hybridized carbons (Fsp3) is 0.500. The van der Waals surface area contributed by atoms with E-state index >= 15 is 0 Å². The molecule has 0 radical (unpaired) electrons. The quantitative estimate of drug-likeness (QED) is 0.413. The van der Waals surface area contributed by atoms with Crippen molar-refractivity contribution >= 4 is 63.2 Å². The number of hydrogen-bond donors (Lipinski definition) is 2. The average molecular weight is 158 g/mol. The number of primary amides is 2. The van der Waals surface area contributed by atoms with Gasteiger partial charge in [-0.15, -0.1) is 0 Å². The van der Waals surface area contributed by atoms with Crippen LogP contribution in [0, 0.1) is 0 Å². The van der Waals surface area contributed by atoms with E-state index in [-0.39, 0.29) is 63.2 Å². The molecule has 0 saturated heterocycles. The van der Waals surface area contributed by atoms with Crippen LogP contribution in [0.1, 0.15) is 13.8 Å². The molecule has 5 heteroatoms. The van der Waals surface area contributed by atoms with Gasteiger partial charge in [0.05, 0.1) is 0 Å². The van der Waals surface area contributed by atoms with Gasteiger partial charge in [-0.2, -0.15) is 0 Å². The molecule has 4 N–H and O–H groups in total. The summed E-state index contributed by atoms with van der Waals surface area (Å²) in [5, 5.41) is 0. The van der Waals surface area contributed by atoms with Gasteiger partial charge in [0.1, 0.15) is 0 Å². The zero-order chi connectivity index (χ0) is 7.15. The molecule has 4 nitrogen and oxygen atoms in total. The molecule has 0 spiro atoms. The van der Waals surface area contributed by atoms with Crippen molar-refractivity contribution in [2.24, 2.45) is 11.5 Å². The van der Waals surface area contributed by atoms with Crippen LogP contribution >= 0.6 is 0 Å². The van der Waals surface area contributed by atoms with Gasteiger partial charge < -0.3 is 11.5 Å². The number of nitrogens with two attached hydrogens (primary N) is 2. The standard InChI is InChI=1S/2C2H5NO.K.H/c2*1-2(3)4;;/h2*1H3,(H2,3,4);;. The number of amides is 2. The molecule has 9 heavy (non-hydrogen) atoms. The Morgan fingerprint density at radius 1 is 1.00 bits per heavy atom. The number of carbonyl (C=O) groups excluding carboxylic acids is 2. The van der Waals surface area contributed by atoms with E-state index in [0.717, 1.165) is 0 Å². The van der Waals surface area contributed by atoms with Gasteiger partial charge in [0.15, 0.2) is 0 Å². The normalized spacial score (nSPS) is 5.56. The van der Waals surface area contributed by atoms with E-state index in [2.05, 4.69) is 11.5 Å². The third kappa shape index (κ3) is 1120. The molecule has 2 amide bonds. The molecule has 0 saturated carbocycles. The first kappa shape index (κ1) is 16.3. The van der Waals surface area contributed by atoms with E-state index in [0.29, 0.717) is 0 Å². The first-order valence-corrected chi connectivity index (χ1v) is 1.99. The molecule has 0 atom stereocenters. The van der Waals surface area contributed by atoms with E-state index in [1.54, 1.807) is 0 Å². The van der Waals surface area contributed by atoms with Crippen molar-refractivity contribution < 1.29 is 9.59 Å². The predicted octanol–water partition coefficient (Wildman–Crippen LogP) is -1.67. The summed E-state index contributed by atoms with van der Waals surface area (Å²) < 4.78 is 0. The Morgan fingerprint density at radius 3 is 1.00 bits per heavy atom. The van der Waals surface area contributed by atoms with Crippen molar-refractivity contribution in [1.29, 1.82) is 0 Å². The summed E-state index contributed by atoms with van der Waals surface area (Å²) in [4.78, 5) is 18.4. The van der Waals surface area contributed by atoms with Crippen molar-refractivity contribution in [3.05, 3.63) is 0 Å². The third-order valence-corrected chi connectivity index (χ3v) is 0. The maximum atomic E-state index is 9.22. The average Bonchev–Trinajstić information content (AvgIpc) is 1.25. The van der Waals surface area contributed by atoms with Gasteiger partial charge in [0.2, 0.25) is 11.8 Å². The fourth-order valence-corrected chi connectivity index (χ4v) is 0.